The molecule has 0 aliphatic rings. The van der Waals surface area contributed by atoms with Gasteiger partial charge in [0.15, 0.2) is 5.60 Å². The molecular formula is C13H16Cl2NO4P. The number of benzene rings is 1. The summed E-state index contributed by atoms with van der Waals surface area (Å²) in [7, 11) is -3.87. The van der Waals surface area contributed by atoms with Crippen LogP contribution in [0.4, 0.5) is 0 Å². The van der Waals surface area contributed by atoms with Crippen LogP contribution >= 0.6 is 31.0 Å². The van der Waals surface area contributed by atoms with Gasteiger partial charge in [0.05, 0.1) is 13.2 Å². The van der Waals surface area contributed by atoms with Crippen molar-refractivity contribution < 1.29 is 18.1 Å². The van der Waals surface area contributed by atoms with E-state index in [1.54, 1.807) is 19.9 Å². The Kier molecular flexibility index (Phi) is 6.68. The Morgan fingerprint density at radius 1 is 1.29 bits per heavy atom. The predicted molar refractivity (Wildman–Crippen MR) is 81.4 cm³/mol. The molecule has 0 aliphatic carbocycles. The standard InChI is InChI=1S/C13H16Cl2NO4P/c1-4-18-21(17,19-5-2)20-13(3,9-16)11-7-6-10(14)8-12(11)15/h6-8H,4-5H2,1-3H3. The summed E-state index contributed by atoms with van der Waals surface area (Å²) in [5.74, 6) is 0. The van der Waals surface area contributed by atoms with Crippen LogP contribution in [0.15, 0.2) is 18.2 Å². The minimum absolute atomic E-state index is 0.118. The molecule has 21 heavy (non-hydrogen) atoms. The molecule has 0 radical (unpaired) electrons. The van der Waals surface area contributed by atoms with E-state index in [1.807, 2.05) is 6.07 Å². The molecule has 8 heteroatoms. The number of halogens is 2. The molecule has 1 aromatic rings. The lowest BCUT2D eigenvalue weighted by molar-refractivity contribution is 0.0555. The molecule has 1 unspecified atom stereocenters. The molecule has 0 amide bonds. The van der Waals surface area contributed by atoms with E-state index in [0.717, 1.165) is 0 Å². The first-order valence-corrected chi connectivity index (χ1v) is 8.48. The fourth-order valence-corrected chi connectivity index (χ4v) is 3.62. The first-order valence-electron chi connectivity index (χ1n) is 6.27. The van der Waals surface area contributed by atoms with Crippen molar-refractivity contribution in [3.8, 4) is 6.07 Å². The number of nitriles is 1. The van der Waals surface area contributed by atoms with Gasteiger partial charge in [0.1, 0.15) is 6.07 Å². The maximum absolute atomic E-state index is 12.5. The second-order valence-corrected chi connectivity index (χ2v) is 6.58. The molecule has 0 saturated heterocycles. The number of phosphoric ester groups is 1. The maximum atomic E-state index is 12.5. The molecule has 0 bridgehead atoms. The van der Waals surface area contributed by atoms with Gasteiger partial charge in [0.2, 0.25) is 0 Å². The van der Waals surface area contributed by atoms with Gasteiger partial charge in [-0.15, -0.1) is 0 Å². The van der Waals surface area contributed by atoms with Crippen molar-refractivity contribution in [1.82, 2.24) is 0 Å². The fourth-order valence-electron chi connectivity index (χ4n) is 1.64. The van der Waals surface area contributed by atoms with E-state index in [9.17, 15) is 9.83 Å². The number of nitrogens with zero attached hydrogens (tertiary/aromatic N) is 1. The first-order chi connectivity index (χ1) is 9.80. The third-order valence-electron chi connectivity index (χ3n) is 2.53. The van der Waals surface area contributed by atoms with Gasteiger partial charge in [-0.25, -0.2) is 4.57 Å². The second kappa shape index (κ2) is 7.60. The largest absolute Gasteiger partial charge is 0.476 e. The molecule has 116 valence electrons. The van der Waals surface area contributed by atoms with Gasteiger partial charge in [-0.2, -0.15) is 5.26 Å². The summed E-state index contributed by atoms with van der Waals surface area (Å²) in [4.78, 5) is 0. The van der Waals surface area contributed by atoms with E-state index in [-0.39, 0.29) is 18.2 Å². The Balaban J connectivity index is 3.20. The van der Waals surface area contributed by atoms with Crippen molar-refractivity contribution >= 4 is 31.0 Å². The van der Waals surface area contributed by atoms with Gasteiger partial charge in [0.25, 0.3) is 0 Å². The molecule has 0 heterocycles. The van der Waals surface area contributed by atoms with Gasteiger partial charge in [-0.3, -0.25) is 13.6 Å². The Morgan fingerprint density at radius 3 is 2.29 bits per heavy atom. The molecule has 0 aliphatic heterocycles. The van der Waals surface area contributed by atoms with Crippen molar-refractivity contribution in [2.24, 2.45) is 0 Å². The van der Waals surface area contributed by atoms with Crippen molar-refractivity contribution in [2.75, 3.05) is 13.2 Å². The summed E-state index contributed by atoms with van der Waals surface area (Å²) < 4.78 is 27.9. The quantitative estimate of drug-likeness (QED) is 0.651. The average Bonchev–Trinajstić information content (AvgIpc) is 2.38. The van der Waals surface area contributed by atoms with E-state index >= 15 is 0 Å². The highest BCUT2D eigenvalue weighted by atomic mass is 35.5. The second-order valence-electron chi connectivity index (χ2n) is 4.14. The molecule has 0 fully saturated rings. The van der Waals surface area contributed by atoms with Crippen LogP contribution in [0.1, 0.15) is 26.3 Å². The van der Waals surface area contributed by atoms with Crippen molar-refractivity contribution in [3.63, 3.8) is 0 Å². The van der Waals surface area contributed by atoms with Gasteiger partial charge in [-0.05, 0) is 32.9 Å². The van der Waals surface area contributed by atoms with Crippen LogP contribution in [0.25, 0.3) is 0 Å². The zero-order valence-electron chi connectivity index (χ0n) is 11.9. The number of rotatable bonds is 7. The molecule has 1 atom stereocenters. The SMILES string of the molecule is CCOP(=O)(OCC)OC(C)(C#N)c1ccc(Cl)cc1Cl. The van der Waals surface area contributed by atoms with Gasteiger partial charge in [-0.1, -0.05) is 29.3 Å². The van der Waals surface area contributed by atoms with Crippen LogP contribution in [-0.4, -0.2) is 13.2 Å². The number of hydrogen-bond acceptors (Lipinski definition) is 5. The molecule has 0 N–H and O–H groups in total. The number of hydrogen-bond donors (Lipinski definition) is 0. The third kappa shape index (κ3) is 4.69. The summed E-state index contributed by atoms with van der Waals surface area (Å²) in [6.45, 7) is 4.97. The smallest absolute Gasteiger partial charge is 0.287 e. The number of phosphoric acid groups is 1. The average molecular weight is 352 g/mol. The predicted octanol–water partition coefficient (Wildman–Crippen LogP) is 4.93. The normalized spacial score (nSPS) is 14.5. The van der Waals surface area contributed by atoms with E-state index in [2.05, 4.69) is 0 Å². The van der Waals surface area contributed by atoms with E-state index in [4.69, 9.17) is 36.8 Å². The maximum Gasteiger partial charge on any atom is 0.476 e. The van der Waals surface area contributed by atoms with Crippen LogP contribution in [-0.2, 0) is 23.7 Å². The van der Waals surface area contributed by atoms with E-state index in [0.29, 0.717) is 10.6 Å². The highest BCUT2D eigenvalue weighted by Crippen LogP contribution is 2.55. The molecular weight excluding hydrogens is 336 g/mol. The van der Waals surface area contributed by atoms with Gasteiger partial charge in [0, 0.05) is 15.6 Å². The van der Waals surface area contributed by atoms with Crippen LogP contribution in [0.2, 0.25) is 10.0 Å². The summed E-state index contributed by atoms with van der Waals surface area (Å²) in [5.41, 5.74) is -1.27. The molecule has 0 aromatic heterocycles. The van der Waals surface area contributed by atoms with E-state index in [1.165, 1.54) is 19.1 Å². The zero-order valence-corrected chi connectivity index (χ0v) is 14.3. The lowest BCUT2D eigenvalue weighted by atomic mass is 9.98. The third-order valence-corrected chi connectivity index (χ3v) is 4.81. The molecule has 5 nitrogen and oxygen atoms in total. The van der Waals surface area contributed by atoms with Gasteiger partial charge < -0.3 is 0 Å². The minimum atomic E-state index is -3.87. The summed E-state index contributed by atoms with van der Waals surface area (Å²) in [6, 6.07) is 6.52. The monoisotopic (exact) mass is 351 g/mol. The van der Waals surface area contributed by atoms with Gasteiger partial charge >= 0.3 is 7.82 Å². The Labute approximate surface area is 134 Å². The zero-order chi connectivity index (χ0) is 16.1. The lowest BCUT2D eigenvalue weighted by Gasteiger charge is -2.27. The highest BCUT2D eigenvalue weighted by Gasteiger charge is 2.40. The minimum Gasteiger partial charge on any atom is -0.287 e. The molecule has 1 aromatic carbocycles. The highest BCUT2D eigenvalue weighted by molar-refractivity contribution is 7.48. The van der Waals surface area contributed by atoms with Crippen LogP contribution in [0, 0.1) is 11.3 Å². The van der Waals surface area contributed by atoms with Crippen LogP contribution in [0.5, 0.6) is 0 Å². The molecule has 0 spiro atoms. The Bertz CT molecular complexity index is 580. The van der Waals surface area contributed by atoms with Crippen LogP contribution < -0.4 is 0 Å². The van der Waals surface area contributed by atoms with Crippen molar-refractivity contribution in [3.05, 3.63) is 33.8 Å². The van der Waals surface area contributed by atoms with Crippen molar-refractivity contribution in [2.45, 2.75) is 26.4 Å². The van der Waals surface area contributed by atoms with E-state index < -0.39 is 13.4 Å². The topological polar surface area (TPSA) is 68.6 Å². The Hall–Kier alpha value is -0.600. The summed E-state index contributed by atoms with van der Waals surface area (Å²) >= 11 is 11.9. The molecule has 0 saturated carbocycles. The Morgan fingerprint density at radius 2 is 1.86 bits per heavy atom. The van der Waals surface area contributed by atoms with Crippen LogP contribution in [0.3, 0.4) is 0 Å². The van der Waals surface area contributed by atoms with Crippen molar-refractivity contribution in [1.29, 1.82) is 5.26 Å². The lowest BCUT2D eigenvalue weighted by Crippen LogP contribution is -2.24. The molecule has 1 rings (SSSR count). The summed E-state index contributed by atoms with van der Waals surface area (Å²) in [6.07, 6.45) is 0. The first kappa shape index (κ1) is 18.4. The summed E-state index contributed by atoms with van der Waals surface area (Å²) in [5, 5.41) is 10.1. The fraction of sp³-hybridized carbons (Fsp3) is 0.462.